The molecule has 0 saturated heterocycles. The van der Waals surface area contributed by atoms with Gasteiger partial charge in [-0.3, -0.25) is 4.68 Å². The monoisotopic (exact) mass is 299 g/mol. The summed E-state index contributed by atoms with van der Waals surface area (Å²) >= 11 is 1.60. The molecule has 0 aliphatic carbocycles. The Balaban J connectivity index is 2.17. The van der Waals surface area contributed by atoms with Crippen LogP contribution in [-0.2, 0) is 7.05 Å². The van der Waals surface area contributed by atoms with Gasteiger partial charge in [0.25, 0.3) is 0 Å². The number of hydrogen-bond donors (Lipinski definition) is 1. The van der Waals surface area contributed by atoms with E-state index in [2.05, 4.69) is 36.3 Å². The topological polar surface area (TPSA) is 53.1 Å². The molecule has 5 heteroatoms. The van der Waals surface area contributed by atoms with Gasteiger partial charge in [-0.2, -0.15) is 5.10 Å². The summed E-state index contributed by atoms with van der Waals surface area (Å²) in [6.45, 7) is 2.07. The molecule has 0 unspecified atom stereocenters. The third-order valence-corrected chi connectivity index (χ3v) is 4.39. The van der Waals surface area contributed by atoms with Gasteiger partial charge in [0.2, 0.25) is 0 Å². The second kappa shape index (κ2) is 5.26. The summed E-state index contributed by atoms with van der Waals surface area (Å²) in [7, 11) is 3.53. The first kappa shape index (κ1) is 13.7. The lowest BCUT2D eigenvalue weighted by Crippen LogP contribution is -1.97. The van der Waals surface area contributed by atoms with Gasteiger partial charge in [-0.1, -0.05) is 29.8 Å². The molecule has 0 spiro atoms. The van der Waals surface area contributed by atoms with E-state index in [-0.39, 0.29) is 0 Å². The van der Waals surface area contributed by atoms with Crippen molar-refractivity contribution in [2.75, 3.05) is 12.8 Å². The number of thiophene rings is 1. The van der Waals surface area contributed by atoms with Crippen LogP contribution in [0.2, 0.25) is 0 Å². The first-order valence-electron chi connectivity index (χ1n) is 6.62. The number of nitrogen functional groups attached to an aromatic ring is 1. The number of aryl methyl sites for hydroxylation is 2. The van der Waals surface area contributed by atoms with Gasteiger partial charge in [0.15, 0.2) is 0 Å². The Morgan fingerprint density at radius 2 is 1.95 bits per heavy atom. The van der Waals surface area contributed by atoms with E-state index in [1.54, 1.807) is 23.1 Å². The minimum absolute atomic E-state index is 0.668. The Morgan fingerprint density at radius 3 is 2.57 bits per heavy atom. The Kier molecular flexibility index (Phi) is 3.43. The number of methoxy groups -OCH3 is 1. The molecule has 2 heterocycles. The molecule has 3 rings (SSSR count). The minimum Gasteiger partial charge on any atom is -0.496 e. The zero-order valence-electron chi connectivity index (χ0n) is 12.3. The molecule has 0 aliphatic rings. The SMILES string of the molecule is COc1csc(-c2nn(C)c(N)c2-c2ccc(C)cc2)c1. The highest BCUT2D eigenvalue weighted by atomic mass is 32.1. The standard InChI is InChI=1S/C16H17N3OS/c1-10-4-6-11(7-5-10)14-15(18-19(2)16(14)17)13-8-12(20-3)9-21-13/h4-9H,17H2,1-3H3. The van der Waals surface area contributed by atoms with Crippen molar-refractivity contribution >= 4 is 17.2 Å². The Labute approximate surface area is 127 Å². The molecule has 2 N–H and O–H groups in total. The van der Waals surface area contributed by atoms with Crippen LogP contribution in [-0.4, -0.2) is 16.9 Å². The van der Waals surface area contributed by atoms with Crippen LogP contribution in [0.25, 0.3) is 21.7 Å². The molecule has 2 aromatic heterocycles. The number of anilines is 1. The van der Waals surface area contributed by atoms with E-state index >= 15 is 0 Å². The van der Waals surface area contributed by atoms with E-state index in [1.165, 1.54) is 5.56 Å². The van der Waals surface area contributed by atoms with Gasteiger partial charge in [0.05, 0.1) is 17.6 Å². The van der Waals surface area contributed by atoms with Crippen molar-refractivity contribution in [3.63, 3.8) is 0 Å². The molecule has 0 atom stereocenters. The van der Waals surface area contributed by atoms with Crippen LogP contribution in [0, 0.1) is 6.92 Å². The van der Waals surface area contributed by atoms with E-state index in [0.717, 1.165) is 27.4 Å². The van der Waals surface area contributed by atoms with Crippen LogP contribution in [0.4, 0.5) is 5.82 Å². The Hall–Kier alpha value is -2.27. The van der Waals surface area contributed by atoms with Gasteiger partial charge in [-0.15, -0.1) is 11.3 Å². The summed E-state index contributed by atoms with van der Waals surface area (Å²) in [5.41, 5.74) is 10.4. The molecule has 1 aromatic carbocycles. The summed E-state index contributed by atoms with van der Waals surface area (Å²) in [5, 5.41) is 6.54. The highest BCUT2D eigenvalue weighted by Crippen LogP contribution is 2.39. The van der Waals surface area contributed by atoms with Gasteiger partial charge in [0.1, 0.15) is 17.3 Å². The fourth-order valence-corrected chi connectivity index (χ4v) is 3.11. The van der Waals surface area contributed by atoms with Crippen molar-refractivity contribution < 1.29 is 4.74 Å². The highest BCUT2D eigenvalue weighted by Gasteiger charge is 2.18. The number of nitrogens with zero attached hydrogens (tertiary/aromatic N) is 2. The average molecular weight is 299 g/mol. The number of aromatic nitrogens is 2. The number of nitrogens with two attached hydrogens (primary N) is 1. The molecule has 21 heavy (non-hydrogen) atoms. The number of hydrogen-bond acceptors (Lipinski definition) is 4. The van der Waals surface area contributed by atoms with Crippen LogP contribution in [0.15, 0.2) is 35.7 Å². The van der Waals surface area contributed by atoms with Gasteiger partial charge in [-0.25, -0.2) is 0 Å². The summed E-state index contributed by atoms with van der Waals surface area (Å²) in [4.78, 5) is 1.05. The number of benzene rings is 1. The smallest absolute Gasteiger partial charge is 0.130 e. The fourth-order valence-electron chi connectivity index (χ4n) is 2.26. The molecule has 0 saturated carbocycles. The van der Waals surface area contributed by atoms with Crippen molar-refractivity contribution in [2.24, 2.45) is 7.05 Å². The summed E-state index contributed by atoms with van der Waals surface area (Å²) < 4.78 is 6.98. The molecule has 4 nitrogen and oxygen atoms in total. The van der Waals surface area contributed by atoms with E-state index in [4.69, 9.17) is 10.5 Å². The largest absolute Gasteiger partial charge is 0.496 e. The maximum absolute atomic E-state index is 6.22. The third-order valence-electron chi connectivity index (χ3n) is 3.48. The molecule has 108 valence electrons. The van der Waals surface area contributed by atoms with E-state index in [0.29, 0.717) is 5.82 Å². The van der Waals surface area contributed by atoms with Crippen molar-refractivity contribution in [2.45, 2.75) is 6.92 Å². The molecule has 0 radical (unpaired) electrons. The van der Waals surface area contributed by atoms with Gasteiger partial charge in [-0.05, 0) is 12.5 Å². The van der Waals surface area contributed by atoms with Crippen LogP contribution in [0.3, 0.4) is 0 Å². The predicted molar refractivity (Wildman–Crippen MR) is 87.7 cm³/mol. The maximum atomic E-state index is 6.22. The molecule has 0 amide bonds. The molecule has 0 aliphatic heterocycles. The lowest BCUT2D eigenvalue weighted by atomic mass is 10.0. The van der Waals surface area contributed by atoms with Crippen LogP contribution in [0.1, 0.15) is 5.56 Å². The molecular weight excluding hydrogens is 282 g/mol. The van der Waals surface area contributed by atoms with Crippen molar-refractivity contribution in [3.05, 3.63) is 41.3 Å². The summed E-state index contributed by atoms with van der Waals surface area (Å²) in [6, 6.07) is 10.3. The lowest BCUT2D eigenvalue weighted by Gasteiger charge is -2.03. The first-order valence-corrected chi connectivity index (χ1v) is 7.50. The fraction of sp³-hybridized carbons (Fsp3) is 0.188. The molecular formula is C16H17N3OS. The van der Waals surface area contributed by atoms with E-state index in [9.17, 15) is 0 Å². The van der Waals surface area contributed by atoms with E-state index in [1.807, 2.05) is 18.5 Å². The molecule has 0 bridgehead atoms. The molecule has 0 fully saturated rings. The van der Waals surface area contributed by atoms with Gasteiger partial charge < -0.3 is 10.5 Å². The van der Waals surface area contributed by atoms with Crippen molar-refractivity contribution in [1.29, 1.82) is 0 Å². The zero-order valence-corrected chi connectivity index (χ0v) is 13.1. The second-order valence-electron chi connectivity index (χ2n) is 4.95. The lowest BCUT2D eigenvalue weighted by molar-refractivity contribution is 0.417. The van der Waals surface area contributed by atoms with Gasteiger partial charge in [0, 0.05) is 18.5 Å². The average Bonchev–Trinajstić information content (AvgIpc) is 3.06. The van der Waals surface area contributed by atoms with Crippen molar-refractivity contribution in [3.8, 4) is 27.4 Å². The van der Waals surface area contributed by atoms with Crippen LogP contribution in [0.5, 0.6) is 5.75 Å². The van der Waals surface area contributed by atoms with Crippen LogP contribution >= 0.6 is 11.3 Å². The van der Waals surface area contributed by atoms with Gasteiger partial charge >= 0.3 is 0 Å². The predicted octanol–water partition coefficient (Wildman–Crippen LogP) is 3.71. The quantitative estimate of drug-likeness (QED) is 0.802. The Morgan fingerprint density at radius 1 is 1.24 bits per heavy atom. The Bertz CT molecular complexity index is 771. The maximum Gasteiger partial charge on any atom is 0.130 e. The highest BCUT2D eigenvalue weighted by molar-refractivity contribution is 7.13. The van der Waals surface area contributed by atoms with Crippen molar-refractivity contribution in [1.82, 2.24) is 9.78 Å². The number of ether oxygens (including phenoxy) is 1. The first-order chi connectivity index (χ1) is 10.1. The summed E-state index contributed by atoms with van der Waals surface area (Å²) in [6.07, 6.45) is 0. The molecule has 3 aromatic rings. The normalized spacial score (nSPS) is 10.8. The van der Waals surface area contributed by atoms with E-state index < -0.39 is 0 Å². The number of rotatable bonds is 3. The summed E-state index contributed by atoms with van der Waals surface area (Å²) in [5.74, 6) is 1.51. The zero-order chi connectivity index (χ0) is 15.0. The minimum atomic E-state index is 0.668. The third kappa shape index (κ3) is 2.40. The second-order valence-corrected chi connectivity index (χ2v) is 5.86. The van der Waals surface area contributed by atoms with Crippen LogP contribution < -0.4 is 10.5 Å².